The number of fused-ring (bicyclic) bond motifs is 1. The molecule has 2 aromatic heterocycles. The summed E-state index contributed by atoms with van der Waals surface area (Å²) in [7, 11) is 0. The Morgan fingerprint density at radius 1 is 1.31 bits per heavy atom. The van der Waals surface area contributed by atoms with Crippen molar-refractivity contribution in [2.45, 2.75) is 33.2 Å². The number of hydrogen-bond donors (Lipinski definition) is 1. The van der Waals surface area contributed by atoms with E-state index in [4.69, 9.17) is 0 Å². The molecule has 0 saturated heterocycles. The number of aryl methyl sites for hydroxylation is 1. The zero-order chi connectivity index (χ0) is 18.8. The van der Waals surface area contributed by atoms with Crippen LogP contribution in [0.25, 0.3) is 10.8 Å². The van der Waals surface area contributed by atoms with Crippen molar-refractivity contribution >= 4 is 38.4 Å². The molecule has 1 amide bonds. The van der Waals surface area contributed by atoms with E-state index in [2.05, 4.69) is 36.3 Å². The van der Waals surface area contributed by atoms with E-state index >= 15 is 0 Å². The maximum absolute atomic E-state index is 12.7. The van der Waals surface area contributed by atoms with Crippen LogP contribution in [0, 0.1) is 6.92 Å². The molecule has 0 atom stereocenters. The highest BCUT2D eigenvalue weighted by molar-refractivity contribution is 9.10. The van der Waals surface area contributed by atoms with Crippen LogP contribution in [0.1, 0.15) is 31.0 Å². The zero-order valence-corrected chi connectivity index (χ0v) is 16.2. The summed E-state index contributed by atoms with van der Waals surface area (Å²) in [6, 6.07) is 5.44. The van der Waals surface area contributed by atoms with Crippen LogP contribution < -0.4 is 10.9 Å². The number of rotatable bonds is 4. The minimum atomic E-state index is -0.368. The summed E-state index contributed by atoms with van der Waals surface area (Å²) in [5.41, 5.74) is 1.21. The van der Waals surface area contributed by atoms with Crippen molar-refractivity contribution in [2.24, 2.45) is 0 Å². The molecule has 0 aliphatic rings. The van der Waals surface area contributed by atoms with Crippen molar-refractivity contribution in [1.82, 2.24) is 19.7 Å². The average molecular weight is 416 g/mol. The zero-order valence-electron chi connectivity index (χ0n) is 14.7. The second kappa shape index (κ2) is 7.33. The number of anilines is 1. The van der Waals surface area contributed by atoms with Crippen molar-refractivity contribution in [1.29, 1.82) is 0 Å². The first-order valence-corrected chi connectivity index (χ1v) is 8.93. The second-order valence-corrected chi connectivity index (χ2v) is 7.21. The molecule has 0 bridgehead atoms. The summed E-state index contributed by atoms with van der Waals surface area (Å²) in [6.45, 7) is 5.61. The molecule has 0 saturated carbocycles. The Labute approximate surface area is 158 Å². The lowest BCUT2D eigenvalue weighted by Crippen LogP contribution is -2.31. The fraction of sp³-hybridized carbons (Fsp3) is 0.278. The van der Waals surface area contributed by atoms with E-state index in [1.807, 2.05) is 26.0 Å². The number of aromatic nitrogens is 4. The second-order valence-electron chi connectivity index (χ2n) is 6.30. The fourth-order valence-corrected chi connectivity index (χ4v) is 3.02. The number of halogens is 1. The highest BCUT2D eigenvalue weighted by Crippen LogP contribution is 2.24. The van der Waals surface area contributed by atoms with Gasteiger partial charge < -0.3 is 5.32 Å². The lowest BCUT2D eigenvalue weighted by Gasteiger charge is -2.13. The van der Waals surface area contributed by atoms with E-state index < -0.39 is 0 Å². The molecule has 0 spiro atoms. The van der Waals surface area contributed by atoms with Gasteiger partial charge in [-0.3, -0.25) is 9.59 Å². The van der Waals surface area contributed by atoms with Gasteiger partial charge in [0.25, 0.3) is 5.56 Å². The Morgan fingerprint density at radius 3 is 2.77 bits per heavy atom. The Bertz CT molecular complexity index is 1050. The summed E-state index contributed by atoms with van der Waals surface area (Å²) in [6.07, 6.45) is 2.97. The monoisotopic (exact) mass is 415 g/mol. The number of carbonyl (C=O) groups excluding carboxylic acids is 1. The van der Waals surface area contributed by atoms with E-state index in [1.54, 1.807) is 19.2 Å². The summed E-state index contributed by atoms with van der Waals surface area (Å²) in [4.78, 5) is 33.0. The third kappa shape index (κ3) is 3.65. The van der Waals surface area contributed by atoms with Crippen molar-refractivity contribution in [3.05, 3.63) is 56.8 Å². The Balaban J connectivity index is 1.99. The third-order valence-electron chi connectivity index (χ3n) is 3.94. The van der Waals surface area contributed by atoms with E-state index in [0.29, 0.717) is 11.2 Å². The van der Waals surface area contributed by atoms with Gasteiger partial charge in [-0.15, -0.1) is 0 Å². The molecule has 3 aromatic rings. The van der Waals surface area contributed by atoms with Crippen LogP contribution in [-0.4, -0.2) is 25.7 Å². The molecule has 2 heterocycles. The van der Waals surface area contributed by atoms with Gasteiger partial charge in [0.05, 0.1) is 11.1 Å². The van der Waals surface area contributed by atoms with Gasteiger partial charge in [-0.05, 0) is 31.0 Å². The van der Waals surface area contributed by atoms with Gasteiger partial charge >= 0.3 is 0 Å². The minimum Gasteiger partial charge on any atom is -0.309 e. The van der Waals surface area contributed by atoms with Crippen molar-refractivity contribution in [2.75, 3.05) is 5.32 Å². The molecule has 134 valence electrons. The number of hydrogen-bond acceptors (Lipinski definition) is 5. The van der Waals surface area contributed by atoms with Gasteiger partial charge in [0.15, 0.2) is 0 Å². The number of benzene rings is 1. The van der Waals surface area contributed by atoms with E-state index in [-0.39, 0.29) is 23.9 Å². The standard InChI is InChI=1S/C18H18BrN5O2/c1-10(2)16-14-6-12(19)4-5-13(14)18(26)24(23-16)8-15(25)22-17-11(3)7-20-9-21-17/h4-7,9-10H,8H2,1-3H3,(H,20,21,22,25). The largest absolute Gasteiger partial charge is 0.309 e. The van der Waals surface area contributed by atoms with Crippen LogP contribution in [0.5, 0.6) is 0 Å². The lowest BCUT2D eigenvalue weighted by molar-refractivity contribution is -0.117. The maximum Gasteiger partial charge on any atom is 0.275 e. The van der Waals surface area contributed by atoms with Crippen LogP contribution in [0.4, 0.5) is 5.82 Å². The van der Waals surface area contributed by atoms with Crippen LogP contribution in [0.2, 0.25) is 0 Å². The molecular weight excluding hydrogens is 398 g/mol. The summed E-state index contributed by atoms with van der Waals surface area (Å²) < 4.78 is 2.08. The van der Waals surface area contributed by atoms with Crippen LogP contribution in [-0.2, 0) is 11.3 Å². The molecule has 26 heavy (non-hydrogen) atoms. The predicted molar refractivity (Wildman–Crippen MR) is 103 cm³/mol. The number of amides is 1. The molecule has 0 aliphatic heterocycles. The lowest BCUT2D eigenvalue weighted by atomic mass is 10.0. The number of carbonyl (C=O) groups is 1. The van der Waals surface area contributed by atoms with Crippen molar-refractivity contribution in [3.8, 4) is 0 Å². The molecule has 0 radical (unpaired) electrons. The van der Waals surface area contributed by atoms with Crippen LogP contribution in [0.15, 0.2) is 40.0 Å². The first-order chi connectivity index (χ1) is 12.4. The molecule has 0 fully saturated rings. The molecule has 0 unspecified atom stereocenters. The van der Waals surface area contributed by atoms with E-state index in [9.17, 15) is 9.59 Å². The predicted octanol–water partition coefficient (Wildman–Crippen LogP) is 3.02. The maximum atomic E-state index is 12.7. The summed E-state index contributed by atoms with van der Waals surface area (Å²) in [5, 5.41) is 8.46. The van der Waals surface area contributed by atoms with Gasteiger partial charge in [0.2, 0.25) is 5.91 Å². The normalized spacial score (nSPS) is 11.1. The first-order valence-electron chi connectivity index (χ1n) is 8.13. The van der Waals surface area contributed by atoms with Crippen molar-refractivity contribution < 1.29 is 4.79 Å². The molecular formula is C18H18BrN5O2. The minimum absolute atomic E-state index is 0.103. The Morgan fingerprint density at radius 2 is 2.08 bits per heavy atom. The first kappa shape index (κ1) is 18.2. The molecule has 1 N–H and O–H groups in total. The quantitative estimate of drug-likeness (QED) is 0.706. The van der Waals surface area contributed by atoms with E-state index in [0.717, 1.165) is 21.1 Å². The number of nitrogens with one attached hydrogen (secondary N) is 1. The molecule has 8 heteroatoms. The van der Waals surface area contributed by atoms with E-state index in [1.165, 1.54) is 11.0 Å². The van der Waals surface area contributed by atoms with Gasteiger partial charge in [-0.1, -0.05) is 29.8 Å². The fourth-order valence-electron chi connectivity index (χ4n) is 2.65. The Hall–Kier alpha value is -2.61. The molecule has 0 aliphatic carbocycles. The highest BCUT2D eigenvalue weighted by atomic mass is 79.9. The molecule has 3 rings (SSSR count). The van der Waals surface area contributed by atoms with Gasteiger partial charge in [-0.25, -0.2) is 14.6 Å². The molecule has 7 nitrogen and oxygen atoms in total. The summed E-state index contributed by atoms with van der Waals surface area (Å²) >= 11 is 3.43. The Kier molecular flexibility index (Phi) is 5.13. The van der Waals surface area contributed by atoms with Gasteiger partial charge in [-0.2, -0.15) is 5.10 Å². The summed E-state index contributed by atoms with van der Waals surface area (Å²) in [5.74, 6) is 0.158. The SMILES string of the molecule is Cc1cncnc1NC(=O)Cn1nc(C(C)C)c2cc(Br)ccc2c1=O. The topological polar surface area (TPSA) is 89.8 Å². The van der Waals surface area contributed by atoms with Gasteiger partial charge in [0.1, 0.15) is 18.7 Å². The average Bonchev–Trinajstić information content (AvgIpc) is 2.59. The smallest absolute Gasteiger partial charge is 0.275 e. The van der Waals surface area contributed by atoms with Crippen LogP contribution in [0.3, 0.4) is 0 Å². The third-order valence-corrected chi connectivity index (χ3v) is 4.44. The van der Waals surface area contributed by atoms with Crippen LogP contribution >= 0.6 is 15.9 Å². The number of nitrogens with zero attached hydrogens (tertiary/aromatic N) is 4. The molecule has 1 aromatic carbocycles. The van der Waals surface area contributed by atoms with Crippen molar-refractivity contribution in [3.63, 3.8) is 0 Å². The highest BCUT2D eigenvalue weighted by Gasteiger charge is 2.16. The van der Waals surface area contributed by atoms with Gasteiger partial charge in [0, 0.05) is 21.6 Å².